The van der Waals surface area contributed by atoms with Gasteiger partial charge in [0, 0.05) is 12.4 Å². The lowest BCUT2D eigenvalue weighted by molar-refractivity contribution is -0.120. The van der Waals surface area contributed by atoms with Crippen molar-refractivity contribution in [3.05, 3.63) is 54.4 Å². The topological polar surface area (TPSA) is 87.7 Å². The zero-order valence-corrected chi connectivity index (χ0v) is 18.6. The number of nitrogens with zero attached hydrogens (tertiary/aromatic N) is 3. The Balaban J connectivity index is 2.01. The van der Waals surface area contributed by atoms with Crippen molar-refractivity contribution in [2.45, 2.75) is 50.2 Å². The van der Waals surface area contributed by atoms with Gasteiger partial charge in [0.15, 0.2) is 0 Å². The predicted molar refractivity (Wildman–Crippen MR) is 110 cm³/mol. The highest BCUT2D eigenvalue weighted by atomic mass is 32.2. The summed E-state index contributed by atoms with van der Waals surface area (Å²) in [7, 11) is -5.54. The number of anilines is 1. The van der Waals surface area contributed by atoms with Gasteiger partial charge in [0.2, 0.25) is 0 Å². The molecule has 0 spiro atoms. The Hall–Kier alpha value is -2.95. The van der Waals surface area contributed by atoms with E-state index in [1.807, 2.05) is 20.8 Å². The number of benzene rings is 1. The molecular formula is C21H22F3N3O4S. The van der Waals surface area contributed by atoms with Crippen LogP contribution >= 0.6 is 0 Å². The molecule has 3 rings (SSSR count). The van der Waals surface area contributed by atoms with Crippen LogP contribution in [0.25, 0.3) is 0 Å². The van der Waals surface area contributed by atoms with Crippen molar-refractivity contribution in [2.75, 3.05) is 4.90 Å². The van der Waals surface area contributed by atoms with Crippen LogP contribution in [-0.4, -0.2) is 41.8 Å². The molecule has 0 radical (unpaired) electrons. The van der Waals surface area contributed by atoms with Crippen molar-refractivity contribution < 1.29 is 31.2 Å². The molecule has 3 amide bonds. The third-order valence-electron chi connectivity index (χ3n) is 5.24. The number of aromatic nitrogens is 1. The van der Waals surface area contributed by atoms with E-state index >= 15 is 0 Å². The molecule has 0 bridgehead atoms. The molecule has 1 aliphatic heterocycles. The van der Waals surface area contributed by atoms with E-state index < -0.39 is 49.7 Å². The van der Waals surface area contributed by atoms with Gasteiger partial charge in [-0.15, -0.1) is 0 Å². The van der Waals surface area contributed by atoms with E-state index in [0.29, 0.717) is 0 Å². The van der Waals surface area contributed by atoms with Gasteiger partial charge in [-0.2, -0.15) is 13.2 Å². The van der Waals surface area contributed by atoms with Crippen LogP contribution in [0.4, 0.5) is 23.7 Å². The summed E-state index contributed by atoms with van der Waals surface area (Å²) in [5, 5.41) is 0. The third kappa shape index (κ3) is 3.96. The molecule has 7 nitrogen and oxygen atoms in total. The second-order valence-corrected chi connectivity index (χ2v) is 10.5. The Labute approximate surface area is 183 Å². The number of urea groups is 1. The Morgan fingerprint density at radius 2 is 1.50 bits per heavy atom. The Bertz CT molecular complexity index is 1130. The lowest BCUT2D eigenvalue weighted by Gasteiger charge is -2.39. The molecular weight excluding hydrogens is 447 g/mol. The van der Waals surface area contributed by atoms with Gasteiger partial charge >= 0.3 is 11.5 Å². The number of carbonyl (C=O) groups is 2. The molecule has 2 atom stereocenters. The SMILES string of the molecule is CC1C(=O)N(c2ccc(S(=O)(=O)C(F)(F)F)cc2)C(=O)N1C(c1ccncc1)C(C)(C)C. The number of carbonyl (C=O) groups excluding carboxylic acids is 2. The quantitative estimate of drug-likeness (QED) is 0.623. The number of rotatable bonds is 4. The van der Waals surface area contributed by atoms with Crippen molar-refractivity contribution in [1.29, 1.82) is 0 Å². The lowest BCUT2D eigenvalue weighted by Crippen LogP contribution is -2.43. The molecule has 2 heterocycles. The second kappa shape index (κ2) is 7.88. The maximum absolute atomic E-state index is 13.3. The number of imide groups is 1. The molecule has 1 fully saturated rings. The molecule has 0 N–H and O–H groups in total. The molecule has 1 aromatic carbocycles. The first-order valence-electron chi connectivity index (χ1n) is 9.65. The molecule has 0 aliphatic carbocycles. The molecule has 11 heteroatoms. The monoisotopic (exact) mass is 469 g/mol. The van der Waals surface area contributed by atoms with Gasteiger partial charge in [-0.25, -0.2) is 18.1 Å². The first-order valence-corrected chi connectivity index (χ1v) is 11.1. The average molecular weight is 469 g/mol. The minimum absolute atomic E-state index is 0.0159. The fourth-order valence-electron chi connectivity index (χ4n) is 3.78. The summed E-state index contributed by atoms with van der Waals surface area (Å²) in [4.78, 5) is 31.6. The molecule has 32 heavy (non-hydrogen) atoms. The molecule has 1 saturated heterocycles. The number of alkyl halides is 3. The van der Waals surface area contributed by atoms with Crippen molar-refractivity contribution in [3.63, 3.8) is 0 Å². The van der Waals surface area contributed by atoms with Gasteiger partial charge in [-0.05, 0) is 54.3 Å². The number of halogens is 3. The minimum Gasteiger partial charge on any atom is -0.305 e. The molecule has 172 valence electrons. The summed E-state index contributed by atoms with van der Waals surface area (Å²) in [5.41, 5.74) is -5.16. The summed E-state index contributed by atoms with van der Waals surface area (Å²) >= 11 is 0. The van der Waals surface area contributed by atoms with Gasteiger partial charge < -0.3 is 4.90 Å². The van der Waals surface area contributed by atoms with Crippen LogP contribution in [0.3, 0.4) is 0 Å². The van der Waals surface area contributed by atoms with E-state index in [-0.39, 0.29) is 5.69 Å². The van der Waals surface area contributed by atoms with Crippen LogP contribution < -0.4 is 4.90 Å². The van der Waals surface area contributed by atoms with Gasteiger partial charge in [-0.3, -0.25) is 9.78 Å². The van der Waals surface area contributed by atoms with E-state index in [4.69, 9.17) is 0 Å². The van der Waals surface area contributed by atoms with Crippen molar-refractivity contribution >= 4 is 27.5 Å². The molecule has 0 saturated carbocycles. The Morgan fingerprint density at radius 1 is 0.969 bits per heavy atom. The van der Waals surface area contributed by atoms with Crippen molar-refractivity contribution in [1.82, 2.24) is 9.88 Å². The standard InChI is InChI=1S/C21H22F3N3O4S/c1-13-18(28)27(15-5-7-16(8-6-15)32(30,31)21(22,23)24)19(29)26(13)17(20(2,3)4)14-9-11-25-12-10-14/h5-13,17H,1-4H3. The zero-order chi connectivity index (χ0) is 24.1. The highest BCUT2D eigenvalue weighted by Gasteiger charge is 2.50. The van der Waals surface area contributed by atoms with Gasteiger partial charge in [-0.1, -0.05) is 20.8 Å². The molecule has 2 unspecified atom stereocenters. The number of amides is 3. The Morgan fingerprint density at radius 3 is 1.97 bits per heavy atom. The van der Waals surface area contributed by atoms with Crippen LogP contribution in [0.1, 0.15) is 39.3 Å². The normalized spacial score (nSPS) is 18.9. The van der Waals surface area contributed by atoms with Crippen molar-refractivity contribution in [3.8, 4) is 0 Å². The first kappa shape index (κ1) is 23.7. The largest absolute Gasteiger partial charge is 0.501 e. The maximum Gasteiger partial charge on any atom is 0.501 e. The maximum atomic E-state index is 13.3. The van der Waals surface area contributed by atoms with Crippen LogP contribution in [-0.2, 0) is 14.6 Å². The van der Waals surface area contributed by atoms with E-state index in [1.165, 1.54) is 4.90 Å². The van der Waals surface area contributed by atoms with E-state index in [1.54, 1.807) is 31.5 Å². The Kier molecular flexibility index (Phi) is 5.83. The zero-order valence-electron chi connectivity index (χ0n) is 17.8. The number of pyridine rings is 1. The van der Waals surface area contributed by atoms with E-state index in [9.17, 15) is 31.2 Å². The summed E-state index contributed by atoms with van der Waals surface area (Å²) in [5.74, 6) is -0.565. The van der Waals surface area contributed by atoms with Crippen LogP contribution in [0.15, 0.2) is 53.7 Å². The second-order valence-electron chi connectivity index (χ2n) is 8.53. The van der Waals surface area contributed by atoms with E-state index in [2.05, 4.69) is 4.98 Å². The lowest BCUT2D eigenvalue weighted by atomic mass is 9.81. The average Bonchev–Trinajstić information content (AvgIpc) is 2.91. The summed E-state index contributed by atoms with van der Waals surface area (Å²) in [6.07, 6.45) is 3.16. The number of sulfone groups is 1. The van der Waals surface area contributed by atoms with Gasteiger partial charge in [0.25, 0.3) is 15.7 Å². The first-order chi connectivity index (χ1) is 14.7. The fourth-order valence-corrected chi connectivity index (χ4v) is 4.55. The number of hydrogen-bond donors (Lipinski definition) is 0. The van der Waals surface area contributed by atoms with Crippen molar-refractivity contribution in [2.24, 2.45) is 5.41 Å². The van der Waals surface area contributed by atoms with Crippen LogP contribution in [0.2, 0.25) is 0 Å². The smallest absolute Gasteiger partial charge is 0.305 e. The van der Waals surface area contributed by atoms with Gasteiger partial charge in [0.05, 0.1) is 16.6 Å². The summed E-state index contributed by atoms with van der Waals surface area (Å²) < 4.78 is 61.6. The number of hydrogen-bond acceptors (Lipinski definition) is 5. The predicted octanol–water partition coefficient (Wildman–Crippen LogP) is 4.32. The molecule has 1 aliphatic rings. The van der Waals surface area contributed by atoms with Crippen LogP contribution in [0.5, 0.6) is 0 Å². The minimum atomic E-state index is -5.54. The molecule has 1 aromatic heterocycles. The molecule has 2 aromatic rings. The summed E-state index contributed by atoms with van der Waals surface area (Å²) in [6, 6.07) is 5.01. The fraction of sp³-hybridized carbons (Fsp3) is 0.381. The van der Waals surface area contributed by atoms with Gasteiger partial charge in [0.1, 0.15) is 6.04 Å². The third-order valence-corrected chi connectivity index (χ3v) is 6.74. The van der Waals surface area contributed by atoms with E-state index in [0.717, 1.165) is 34.7 Å². The highest BCUT2D eigenvalue weighted by molar-refractivity contribution is 7.92. The summed E-state index contributed by atoms with van der Waals surface area (Å²) in [6.45, 7) is 7.33. The highest BCUT2D eigenvalue weighted by Crippen LogP contribution is 2.42. The van der Waals surface area contributed by atoms with Crippen LogP contribution in [0, 0.1) is 5.41 Å².